The highest BCUT2D eigenvalue weighted by atomic mass is 32.2. The van der Waals surface area contributed by atoms with Crippen LogP contribution in [-0.2, 0) is 10.0 Å². The predicted molar refractivity (Wildman–Crippen MR) is 57.5 cm³/mol. The van der Waals surface area contributed by atoms with Gasteiger partial charge in [0.15, 0.2) is 0 Å². The van der Waals surface area contributed by atoms with Crippen LogP contribution >= 0.6 is 11.8 Å². The largest absolute Gasteiger partial charge is 0.214 e. The van der Waals surface area contributed by atoms with Crippen molar-refractivity contribution in [3.05, 3.63) is 0 Å². The summed E-state index contributed by atoms with van der Waals surface area (Å²) in [6.45, 7) is 3.42. The Hall–Kier alpha value is 0.260. The van der Waals surface area contributed by atoms with E-state index < -0.39 is 10.0 Å². The molecule has 1 saturated heterocycles. The highest BCUT2D eigenvalue weighted by molar-refractivity contribution is 7.99. The summed E-state index contributed by atoms with van der Waals surface area (Å²) in [5.74, 6) is 2.15. The smallest absolute Gasteiger partial charge is 0.212 e. The maximum atomic E-state index is 11.5. The van der Waals surface area contributed by atoms with Crippen LogP contribution in [-0.4, -0.2) is 31.2 Å². The van der Waals surface area contributed by atoms with Crippen molar-refractivity contribution in [1.82, 2.24) is 4.72 Å². The molecule has 0 aromatic rings. The highest BCUT2D eigenvalue weighted by Crippen LogP contribution is 2.18. The summed E-state index contributed by atoms with van der Waals surface area (Å²) in [5, 5.41) is -0.318. The van der Waals surface area contributed by atoms with Gasteiger partial charge < -0.3 is 0 Å². The van der Waals surface area contributed by atoms with E-state index in [2.05, 4.69) is 4.72 Å². The number of hydrogen-bond acceptors (Lipinski definition) is 3. The quantitative estimate of drug-likeness (QED) is 0.782. The first-order valence-electron chi connectivity index (χ1n) is 4.61. The van der Waals surface area contributed by atoms with Crippen LogP contribution in [0.1, 0.15) is 26.7 Å². The molecule has 5 heteroatoms. The molecule has 1 N–H and O–H groups in total. The first kappa shape index (κ1) is 11.3. The first-order chi connectivity index (χ1) is 6.02. The van der Waals surface area contributed by atoms with Crippen LogP contribution in [0.15, 0.2) is 0 Å². The molecule has 0 bridgehead atoms. The lowest BCUT2D eigenvalue weighted by molar-refractivity contribution is 0.522. The van der Waals surface area contributed by atoms with Gasteiger partial charge in [-0.3, -0.25) is 0 Å². The predicted octanol–water partition coefficient (Wildman–Crippen LogP) is 1.21. The molecule has 13 heavy (non-hydrogen) atoms. The molecule has 3 nitrogen and oxygen atoms in total. The molecule has 0 unspecified atom stereocenters. The Morgan fingerprint density at radius 1 is 1.31 bits per heavy atom. The van der Waals surface area contributed by atoms with Crippen LogP contribution in [0.3, 0.4) is 0 Å². The maximum Gasteiger partial charge on any atom is 0.214 e. The Morgan fingerprint density at radius 3 is 2.31 bits per heavy atom. The topological polar surface area (TPSA) is 46.2 Å². The Kier molecular flexibility index (Phi) is 4.06. The molecular weight excluding hydrogens is 206 g/mol. The van der Waals surface area contributed by atoms with Gasteiger partial charge in [0.05, 0.1) is 5.25 Å². The average molecular weight is 223 g/mol. The van der Waals surface area contributed by atoms with E-state index in [0.29, 0.717) is 0 Å². The van der Waals surface area contributed by atoms with Crippen LogP contribution < -0.4 is 4.72 Å². The van der Waals surface area contributed by atoms with E-state index in [9.17, 15) is 8.42 Å². The zero-order valence-electron chi connectivity index (χ0n) is 8.12. The molecule has 1 rings (SSSR count). The average Bonchev–Trinajstić information content (AvgIpc) is 2.05. The third kappa shape index (κ3) is 3.48. The minimum absolute atomic E-state index is 0.175. The van der Waals surface area contributed by atoms with E-state index >= 15 is 0 Å². The van der Waals surface area contributed by atoms with Crippen LogP contribution in [0.25, 0.3) is 0 Å². The van der Waals surface area contributed by atoms with Crippen molar-refractivity contribution in [2.75, 3.05) is 11.5 Å². The second kappa shape index (κ2) is 4.66. The van der Waals surface area contributed by atoms with E-state index in [1.54, 1.807) is 13.8 Å². The van der Waals surface area contributed by atoms with Gasteiger partial charge in [-0.05, 0) is 38.2 Å². The minimum atomic E-state index is -3.06. The zero-order chi connectivity index (χ0) is 9.90. The Bertz CT molecular complexity index is 243. The molecular formula is C8H17NO2S2. The lowest BCUT2D eigenvalue weighted by Gasteiger charge is -2.23. The van der Waals surface area contributed by atoms with Gasteiger partial charge >= 0.3 is 0 Å². The molecule has 0 radical (unpaired) electrons. The van der Waals surface area contributed by atoms with E-state index in [1.165, 1.54) is 0 Å². The van der Waals surface area contributed by atoms with Gasteiger partial charge in [0.2, 0.25) is 10.0 Å². The number of nitrogens with one attached hydrogen (secondary N) is 1. The molecule has 0 aromatic heterocycles. The summed E-state index contributed by atoms with van der Waals surface area (Å²) >= 11 is 1.90. The van der Waals surface area contributed by atoms with Gasteiger partial charge in [0, 0.05) is 6.04 Å². The van der Waals surface area contributed by atoms with Gasteiger partial charge in [0.25, 0.3) is 0 Å². The second-order valence-electron chi connectivity index (χ2n) is 3.60. The van der Waals surface area contributed by atoms with Gasteiger partial charge in [-0.1, -0.05) is 0 Å². The van der Waals surface area contributed by atoms with Gasteiger partial charge in [-0.15, -0.1) is 0 Å². The first-order valence-corrected chi connectivity index (χ1v) is 7.31. The van der Waals surface area contributed by atoms with Crippen LogP contribution in [0.4, 0.5) is 0 Å². The fourth-order valence-electron chi connectivity index (χ4n) is 1.18. The monoisotopic (exact) mass is 223 g/mol. The van der Waals surface area contributed by atoms with E-state index in [1.807, 2.05) is 11.8 Å². The summed E-state index contributed by atoms with van der Waals surface area (Å²) in [4.78, 5) is 0. The minimum Gasteiger partial charge on any atom is -0.212 e. The summed E-state index contributed by atoms with van der Waals surface area (Å²) in [6.07, 6.45) is 1.94. The van der Waals surface area contributed by atoms with Crippen LogP contribution in [0.2, 0.25) is 0 Å². The zero-order valence-corrected chi connectivity index (χ0v) is 9.75. The van der Waals surface area contributed by atoms with Crippen molar-refractivity contribution in [3.8, 4) is 0 Å². The molecule has 0 aliphatic carbocycles. The number of hydrogen-bond donors (Lipinski definition) is 1. The maximum absolute atomic E-state index is 11.5. The molecule has 0 saturated carbocycles. The van der Waals surface area contributed by atoms with E-state index in [0.717, 1.165) is 24.3 Å². The second-order valence-corrected chi connectivity index (χ2v) is 7.09. The van der Waals surface area contributed by atoms with Crippen molar-refractivity contribution in [3.63, 3.8) is 0 Å². The van der Waals surface area contributed by atoms with Crippen molar-refractivity contribution < 1.29 is 8.42 Å². The number of sulfonamides is 1. The molecule has 1 fully saturated rings. The summed E-state index contributed by atoms with van der Waals surface area (Å²) < 4.78 is 25.7. The van der Waals surface area contributed by atoms with Gasteiger partial charge in [-0.2, -0.15) is 11.8 Å². The fourth-order valence-corrected chi connectivity index (χ4v) is 3.26. The number of rotatable bonds is 3. The third-order valence-corrected chi connectivity index (χ3v) is 5.12. The summed E-state index contributed by atoms with van der Waals surface area (Å²) in [5.41, 5.74) is 0. The molecule has 1 aliphatic rings. The molecule has 0 atom stereocenters. The normalized spacial score (nSPS) is 20.8. The number of thioether (sulfide) groups is 1. The highest BCUT2D eigenvalue weighted by Gasteiger charge is 2.22. The molecule has 0 amide bonds. The van der Waals surface area contributed by atoms with E-state index in [4.69, 9.17) is 0 Å². The molecule has 78 valence electrons. The fraction of sp³-hybridized carbons (Fsp3) is 1.00. The summed E-state index contributed by atoms with van der Waals surface area (Å²) in [6, 6.07) is 0.175. The lowest BCUT2D eigenvalue weighted by atomic mass is 10.2. The molecule has 0 spiro atoms. The van der Waals surface area contributed by atoms with Crippen molar-refractivity contribution in [2.24, 2.45) is 0 Å². The Labute approximate surface area is 84.7 Å². The molecule has 1 aliphatic heterocycles. The lowest BCUT2D eigenvalue weighted by Crippen LogP contribution is -2.40. The van der Waals surface area contributed by atoms with Crippen molar-refractivity contribution in [1.29, 1.82) is 0 Å². The third-order valence-electron chi connectivity index (χ3n) is 2.17. The van der Waals surface area contributed by atoms with Crippen molar-refractivity contribution in [2.45, 2.75) is 38.0 Å². The Morgan fingerprint density at radius 2 is 1.85 bits per heavy atom. The van der Waals surface area contributed by atoms with Crippen molar-refractivity contribution >= 4 is 21.8 Å². The molecule has 0 aromatic carbocycles. The van der Waals surface area contributed by atoms with Gasteiger partial charge in [0.1, 0.15) is 0 Å². The standard InChI is InChI=1S/C8H17NO2S2/c1-7(2)13(10,11)9-8-3-5-12-6-4-8/h7-9H,3-6H2,1-2H3. The Balaban J connectivity index is 2.47. The van der Waals surface area contributed by atoms with Crippen LogP contribution in [0.5, 0.6) is 0 Å². The SMILES string of the molecule is CC(C)S(=O)(=O)NC1CCSCC1. The van der Waals surface area contributed by atoms with Crippen LogP contribution in [0, 0.1) is 0 Å². The van der Waals surface area contributed by atoms with E-state index in [-0.39, 0.29) is 11.3 Å². The molecule has 1 heterocycles. The summed E-state index contributed by atoms with van der Waals surface area (Å²) in [7, 11) is -3.06. The van der Waals surface area contributed by atoms with Gasteiger partial charge in [-0.25, -0.2) is 13.1 Å².